The summed E-state index contributed by atoms with van der Waals surface area (Å²) in [4.78, 5) is 16.9. The molecule has 1 aromatic carbocycles. The summed E-state index contributed by atoms with van der Waals surface area (Å²) in [6.45, 7) is 12.9. The molecule has 2 N–H and O–H groups in total. The van der Waals surface area contributed by atoms with Gasteiger partial charge in [0, 0.05) is 18.8 Å². The molecule has 0 saturated heterocycles. The van der Waals surface area contributed by atoms with E-state index in [4.69, 9.17) is 5.73 Å². The zero-order valence-corrected chi connectivity index (χ0v) is 13.9. The maximum absolute atomic E-state index is 12.6. The Morgan fingerprint density at radius 3 is 2.33 bits per heavy atom. The van der Waals surface area contributed by atoms with Crippen LogP contribution in [0.3, 0.4) is 0 Å². The third-order valence-corrected chi connectivity index (χ3v) is 4.02. The molecule has 21 heavy (non-hydrogen) atoms. The van der Waals surface area contributed by atoms with Gasteiger partial charge in [0.2, 0.25) is 0 Å². The Labute approximate surface area is 128 Å². The predicted octanol–water partition coefficient (Wildman–Crippen LogP) is 2.77. The van der Waals surface area contributed by atoms with Crippen LogP contribution in [0.15, 0.2) is 18.2 Å². The average molecular weight is 291 g/mol. The highest BCUT2D eigenvalue weighted by Gasteiger charge is 2.17. The summed E-state index contributed by atoms with van der Waals surface area (Å²) in [6, 6.07) is 5.64. The van der Waals surface area contributed by atoms with Gasteiger partial charge in [-0.1, -0.05) is 26.0 Å². The second kappa shape index (κ2) is 8.67. The SMILES string of the molecule is CCN(CC)CCCN(CC)C(=O)c1cccc(C)c1N. The van der Waals surface area contributed by atoms with Crippen LogP contribution in [0.1, 0.15) is 43.1 Å². The summed E-state index contributed by atoms with van der Waals surface area (Å²) >= 11 is 0. The number of nitrogen functional groups attached to an aromatic ring is 1. The second-order valence-electron chi connectivity index (χ2n) is 5.30. The molecule has 0 aromatic heterocycles. The molecule has 1 amide bonds. The first-order valence-corrected chi connectivity index (χ1v) is 7.91. The van der Waals surface area contributed by atoms with Crippen LogP contribution >= 0.6 is 0 Å². The molecular formula is C17H29N3O. The molecule has 0 bridgehead atoms. The number of carbonyl (C=O) groups is 1. The van der Waals surface area contributed by atoms with E-state index in [2.05, 4.69) is 18.7 Å². The van der Waals surface area contributed by atoms with Crippen LogP contribution in [-0.4, -0.2) is 48.4 Å². The molecule has 4 heteroatoms. The fourth-order valence-corrected chi connectivity index (χ4v) is 2.47. The fourth-order valence-electron chi connectivity index (χ4n) is 2.47. The van der Waals surface area contributed by atoms with Crippen molar-refractivity contribution in [1.29, 1.82) is 0 Å². The van der Waals surface area contributed by atoms with Gasteiger partial charge in [-0.3, -0.25) is 4.79 Å². The van der Waals surface area contributed by atoms with Gasteiger partial charge in [0.05, 0.1) is 5.56 Å². The molecule has 0 unspecified atom stereocenters. The van der Waals surface area contributed by atoms with Gasteiger partial charge < -0.3 is 15.5 Å². The van der Waals surface area contributed by atoms with Crippen LogP contribution in [0.2, 0.25) is 0 Å². The third-order valence-electron chi connectivity index (χ3n) is 4.02. The van der Waals surface area contributed by atoms with Crippen molar-refractivity contribution in [3.63, 3.8) is 0 Å². The van der Waals surface area contributed by atoms with Gasteiger partial charge in [0.15, 0.2) is 0 Å². The molecule has 1 aromatic rings. The van der Waals surface area contributed by atoms with Gasteiger partial charge in [-0.25, -0.2) is 0 Å². The molecule has 1 rings (SSSR count). The average Bonchev–Trinajstić information content (AvgIpc) is 2.50. The van der Waals surface area contributed by atoms with Crippen LogP contribution in [0.25, 0.3) is 0 Å². The lowest BCUT2D eigenvalue weighted by Crippen LogP contribution is -2.34. The topological polar surface area (TPSA) is 49.6 Å². The van der Waals surface area contributed by atoms with Crippen molar-refractivity contribution in [2.24, 2.45) is 0 Å². The minimum atomic E-state index is 0.0400. The molecule has 0 saturated carbocycles. The summed E-state index contributed by atoms with van der Waals surface area (Å²) in [5.41, 5.74) is 8.22. The van der Waals surface area contributed by atoms with Gasteiger partial charge in [0.25, 0.3) is 5.91 Å². The Kier molecular flexibility index (Phi) is 7.23. The minimum Gasteiger partial charge on any atom is -0.398 e. The highest BCUT2D eigenvalue weighted by atomic mass is 16.2. The normalized spacial score (nSPS) is 10.9. The highest BCUT2D eigenvalue weighted by molar-refractivity contribution is 5.99. The van der Waals surface area contributed by atoms with Crippen molar-refractivity contribution in [2.45, 2.75) is 34.1 Å². The third kappa shape index (κ3) is 4.74. The molecular weight excluding hydrogens is 262 g/mol. The molecule has 0 aliphatic carbocycles. The Bertz CT molecular complexity index is 455. The summed E-state index contributed by atoms with van der Waals surface area (Å²) < 4.78 is 0. The van der Waals surface area contributed by atoms with Crippen molar-refractivity contribution >= 4 is 11.6 Å². The molecule has 4 nitrogen and oxygen atoms in total. The van der Waals surface area contributed by atoms with Gasteiger partial charge in [-0.15, -0.1) is 0 Å². The lowest BCUT2D eigenvalue weighted by Gasteiger charge is -2.24. The summed E-state index contributed by atoms with van der Waals surface area (Å²) in [5, 5.41) is 0. The predicted molar refractivity (Wildman–Crippen MR) is 89.6 cm³/mol. The number of anilines is 1. The number of hydrogen-bond donors (Lipinski definition) is 1. The van der Waals surface area contributed by atoms with E-state index < -0.39 is 0 Å². The standard InChI is InChI=1S/C17H29N3O/c1-5-19(6-2)12-9-13-20(7-3)17(21)15-11-8-10-14(4)16(15)18/h8,10-11H,5-7,9,12-13,18H2,1-4H3. The van der Waals surface area contributed by atoms with Gasteiger partial charge >= 0.3 is 0 Å². The minimum absolute atomic E-state index is 0.0400. The van der Waals surface area contributed by atoms with Gasteiger partial charge in [0.1, 0.15) is 0 Å². The fraction of sp³-hybridized carbons (Fsp3) is 0.588. The Morgan fingerprint density at radius 2 is 1.76 bits per heavy atom. The summed E-state index contributed by atoms with van der Waals surface area (Å²) in [5.74, 6) is 0.0400. The summed E-state index contributed by atoms with van der Waals surface area (Å²) in [6.07, 6.45) is 0.993. The van der Waals surface area contributed by atoms with Crippen molar-refractivity contribution in [3.8, 4) is 0 Å². The van der Waals surface area contributed by atoms with Gasteiger partial charge in [-0.2, -0.15) is 0 Å². The van der Waals surface area contributed by atoms with Crippen molar-refractivity contribution < 1.29 is 4.79 Å². The molecule has 0 aliphatic rings. The van der Waals surface area contributed by atoms with E-state index in [1.54, 1.807) is 0 Å². The van der Waals surface area contributed by atoms with Crippen LogP contribution in [0.5, 0.6) is 0 Å². The lowest BCUT2D eigenvalue weighted by atomic mass is 10.1. The highest BCUT2D eigenvalue weighted by Crippen LogP contribution is 2.18. The zero-order chi connectivity index (χ0) is 15.8. The van der Waals surface area contributed by atoms with E-state index in [0.717, 1.165) is 38.2 Å². The van der Waals surface area contributed by atoms with E-state index in [1.165, 1.54) is 0 Å². The monoisotopic (exact) mass is 291 g/mol. The number of hydrogen-bond acceptors (Lipinski definition) is 3. The summed E-state index contributed by atoms with van der Waals surface area (Å²) in [7, 11) is 0. The molecule has 0 spiro atoms. The zero-order valence-electron chi connectivity index (χ0n) is 13.9. The molecule has 0 radical (unpaired) electrons. The maximum Gasteiger partial charge on any atom is 0.255 e. The molecule has 0 atom stereocenters. The van der Waals surface area contributed by atoms with Crippen LogP contribution < -0.4 is 5.73 Å². The molecule has 0 aliphatic heterocycles. The maximum atomic E-state index is 12.6. The van der Waals surface area contributed by atoms with E-state index in [-0.39, 0.29) is 5.91 Å². The number of amides is 1. The number of carbonyl (C=O) groups excluding carboxylic acids is 1. The Hall–Kier alpha value is -1.55. The first kappa shape index (κ1) is 17.5. The lowest BCUT2D eigenvalue weighted by molar-refractivity contribution is 0.0758. The van der Waals surface area contributed by atoms with E-state index >= 15 is 0 Å². The van der Waals surface area contributed by atoms with Crippen molar-refractivity contribution in [2.75, 3.05) is 38.5 Å². The molecule has 118 valence electrons. The Morgan fingerprint density at radius 1 is 1.10 bits per heavy atom. The van der Waals surface area contributed by atoms with Crippen LogP contribution in [0, 0.1) is 6.92 Å². The van der Waals surface area contributed by atoms with E-state index in [0.29, 0.717) is 17.8 Å². The molecule has 0 heterocycles. The van der Waals surface area contributed by atoms with Crippen molar-refractivity contribution in [1.82, 2.24) is 9.80 Å². The van der Waals surface area contributed by atoms with E-state index in [9.17, 15) is 4.79 Å². The number of aryl methyl sites for hydroxylation is 1. The number of para-hydroxylation sites is 1. The smallest absolute Gasteiger partial charge is 0.255 e. The number of rotatable bonds is 8. The van der Waals surface area contributed by atoms with Gasteiger partial charge in [-0.05, 0) is 51.5 Å². The first-order valence-electron chi connectivity index (χ1n) is 7.91. The number of nitrogens with two attached hydrogens (primary N) is 1. The largest absolute Gasteiger partial charge is 0.398 e. The van der Waals surface area contributed by atoms with E-state index in [1.807, 2.05) is 36.9 Å². The number of nitrogens with zero attached hydrogens (tertiary/aromatic N) is 2. The quantitative estimate of drug-likeness (QED) is 0.749. The first-order chi connectivity index (χ1) is 10.0. The molecule has 0 fully saturated rings. The number of benzene rings is 1. The van der Waals surface area contributed by atoms with Crippen LogP contribution in [0.4, 0.5) is 5.69 Å². The van der Waals surface area contributed by atoms with Crippen molar-refractivity contribution in [3.05, 3.63) is 29.3 Å². The van der Waals surface area contributed by atoms with Crippen LogP contribution in [-0.2, 0) is 0 Å². The Balaban J connectivity index is 2.67. The second-order valence-corrected chi connectivity index (χ2v) is 5.30.